The van der Waals surface area contributed by atoms with Crippen molar-refractivity contribution in [1.29, 1.82) is 0 Å². The Balaban J connectivity index is 1.61. The summed E-state index contributed by atoms with van der Waals surface area (Å²) in [7, 11) is 0. The molecule has 2 rings (SSSR count). The lowest BCUT2D eigenvalue weighted by molar-refractivity contribution is 0.233. The predicted molar refractivity (Wildman–Crippen MR) is 120 cm³/mol. The van der Waals surface area contributed by atoms with Gasteiger partial charge in [-0.05, 0) is 37.5 Å². The summed E-state index contributed by atoms with van der Waals surface area (Å²) in [5, 5.41) is 6.72. The molecule has 28 heavy (non-hydrogen) atoms. The van der Waals surface area contributed by atoms with E-state index in [0.717, 1.165) is 23.7 Å². The van der Waals surface area contributed by atoms with Gasteiger partial charge in [-0.3, -0.25) is 0 Å². The summed E-state index contributed by atoms with van der Waals surface area (Å²) in [4.78, 5) is 12.2. The molecule has 2 N–H and O–H groups in total. The molecule has 0 bridgehead atoms. The van der Waals surface area contributed by atoms with Crippen molar-refractivity contribution in [3.05, 3.63) is 27.7 Å². The highest BCUT2D eigenvalue weighted by Crippen LogP contribution is 2.27. The predicted octanol–water partition coefficient (Wildman–Crippen LogP) is 6.84. The van der Waals surface area contributed by atoms with Crippen molar-refractivity contribution in [3.63, 3.8) is 0 Å². The van der Waals surface area contributed by atoms with Crippen LogP contribution < -0.4 is 15.4 Å². The standard InChI is InChI=1S/C22H34BrClN2O2/c23-18-13-14-21(20(24)17-18)28-16-10-15-25-22(27)26-19-11-8-6-4-2-1-3-5-7-9-12-19/h13-14,17,19H,1-12,15-16H2,(H2,25,26,27). The van der Waals surface area contributed by atoms with Gasteiger partial charge in [0.1, 0.15) is 5.75 Å². The molecule has 1 fully saturated rings. The van der Waals surface area contributed by atoms with E-state index in [1.54, 1.807) is 0 Å². The SMILES string of the molecule is O=C(NCCCOc1ccc(Br)cc1Cl)NC1CCCCCCCCCCC1. The number of nitrogens with one attached hydrogen (secondary N) is 2. The maximum atomic E-state index is 12.2. The van der Waals surface area contributed by atoms with Crippen molar-refractivity contribution in [1.82, 2.24) is 10.6 Å². The van der Waals surface area contributed by atoms with Crippen LogP contribution in [-0.4, -0.2) is 25.2 Å². The van der Waals surface area contributed by atoms with Crippen molar-refractivity contribution in [2.24, 2.45) is 0 Å². The van der Waals surface area contributed by atoms with Gasteiger partial charge in [0, 0.05) is 17.1 Å². The van der Waals surface area contributed by atoms with Gasteiger partial charge in [-0.1, -0.05) is 85.3 Å². The summed E-state index contributed by atoms with van der Waals surface area (Å²) in [6.45, 7) is 1.11. The van der Waals surface area contributed by atoms with E-state index in [2.05, 4.69) is 26.6 Å². The first-order valence-corrected chi connectivity index (χ1v) is 11.9. The number of hydrogen-bond donors (Lipinski definition) is 2. The lowest BCUT2D eigenvalue weighted by atomic mass is 9.98. The van der Waals surface area contributed by atoms with Crippen LogP contribution in [0.1, 0.15) is 77.0 Å². The third-order valence-electron chi connectivity index (χ3n) is 5.20. The van der Waals surface area contributed by atoms with Crippen LogP contribution in [0.25, 0.3) is 0 Å². The van der Waals surface area contributed by atoms with Gasteiger partial charge < -0.3 is 15.4 Å². The zero-order chi connectivity index (χ0) is 20.0. The summed E-state index contributed by atoms with van der Waals surface area (Å²) in [5.41, 5.74) is 0. The van der Waals surface area contributed by atoms with Crippen LogP contribution in [-0.2, 0) is 0 Å². The number of urea groups is 1. The third kappa shape index (κ3) is 10.0. The zero-order valence-electron chi connectivity index (χ0n) is 16.8. The van der Waals surface area contributed by atoms with E-state index in [4.69, 9.17) is 16.3 Å². The Morgan fingerprint density at radius 3 is 2.25 bits per heavy atom. The van der Waals surface area contributed by atoms with Crippen LogP contribution >= 0.6 is 27.5 Å². The van der Waals surface area contributed by atoms with Crippen molar-refractivity contribution in [2.45, 2.75) is 83.1 Å². The Labute approximate surface area is 183 Å². The highest BCUT2D eigenvalue weighted by Gasteiger charge is 2.12. The normalized spacial score (nSPS) is 17.2. The van der Waals surface area contributed by atoms with Crippen molar-refractivity contribution < 1.29 is 9.53 Å². The average Bonchev–Trinajstić information content (AvgIpc) is 2.65. The Morgan fingerprint density at radius 2 is 1.64 bits per heavy atom. The van der Waals surface area contributed by atoms with Crippen molar-refractivity contribution in [3.8, 4) is 5.75 Å². The van der Waals surface area contributed by atoms with E-state index in [9.17, 15) is 4.79 Å². The minimum atomic E-state index is -0.0567. The zero-order valence-corrected chi connectivity index (χ0v) is 19.1. The molecule has 158 valence electrons. The Morgan fingerprint density at radius 1 is 1.04 bits per heavy atom. The highest BCUT2D eigenvalue weighted by molar-refractivity contribution is 9.10. The van der Waals surface area contributed by atoms with Crippen LogP contribution in [0.2, 0.25) is 5.02 Å². The maximum absolute atomic E-state index is 12.2. The number of benzene rings is 1. The lowest BCUT2D eigenvalue weighted by Gasteiger charge is -2.20. The summed E-state index contributed by atoms with van der Waals surface area (Å²) in [5.74, 6) is 0.669. The molecule has 0 saturated heterocycles. The van der Waals surface area contributed by atoms with Crippen LogP contribution in [0.15, 0.2) is 22.7 Å². The van der Waals surface area contributed by atoms with E-state index >= 15 is 0 Å². The van der Waals surface area contributed by atoms with E-state index < -0.39 is 0 Å². The number of halogens is 2. The summed E-state index contributed by atoms with van der Waals surface area (Å²) < 4.78 is 6.60. The molecule has 0 atom stereocenters. The fraction of sp³-hybridized carbons (Fsp3) is 0.682. The molecular formula is C22H34BrClN2O2. The van der Waals surface area contributed by atoms with Crippen molar-refractivity contribution >= 4 is 33.6 Å². The summed E-state index contributed by atoms with van der Waals surface area (Å²) in [6.07, 6.45) is 14.7. The molecule has 0 aliphatic heterocycles. The topological polar surface area (TPSA) is 50.4 Å². The molecule has 0 aromatic heterocycles. The van der Waals surface area contributed by atoms with Gasteiger partial charge in [0.2, 0.25) is 0 Å². The number of rotatable bonds is 6. The molecule has 4 nitrogen and oxygen atoms in total. The van der Waals surface area contributed by atoms with Gasteiger partial charge >= 0.3 is 6.03 Å². The number of carbonyl (C=O) groups excluding carboxylic acids is 1. The minimum Gasteiger partial charge on any atom is -0.492 e. The first-order valence-electron chi connectivity index (χ1n) is 10.8. The third-order valence-corrected chi connectivity index (χ3v) is 5.99. The van der Waals surface area contributed by atoms with Crippen LogP contribution in [0.5, 0.6) is 5.75 Å². The second-order valence-electron chi connectivity index (χ2n) is 7.63. The quantitative estimate of drug-likeness (QED) is 0.444. The molecule has 0 radical (unpaired) electrons. The van der Waals surface area contributed by atoms with Crippen molar-refractivity contribution in [2.75, 3.05) is 13.2 Å². The number of carbonyl (C=O) groups is 1. The van der Waals surface area contributed by atoms with Gasteiger partial charge in [-0.2, -0.15) is 0 Å². The van der Waals surface area contributed by atoms with E-state index in [-0.39, 0.29) is 6.03 Å². The second-order valence-corrected chi connectivity index (χ2v) is 8.96. The largest absolute Gasteiger partial charge is 0.492 e. The maximum Gasteiger partial charge on any atom is 0.315 e. The second kappa shape index (κ2) is 14.1. The molecule has 1 aliphatic carbocycles. The van der Waals surface area contributed by atoms with Crippen LogP contribution in [0.4, 0.5) is 4.79 Å². The highest BCUT2D eigenvalue weighted by atomic mass is 79.9. The van der Waals surface area contributed by atoms with Gasteiger partial charge in [-0.15, -0.1) is 0 Å². The molecule has 0 unspecified atom stereocenters. The van der Waals surface area contributed by atoms with Gasteiger partial charge in [0.25, 0.3) is 0 Å². The summed E-state index contributed by atoms with van der Waals surface area (Å²) in [6, 6.07) is 5.80. The molecule has 1 aromatic carbocycles. The first-order chi connectivity index (χ1) is 13.6. The fourth-order valence-corrected chi connectivity index (χ4v) is 4.32. The van der Waals surface area contributed by atoms with E-state index in [1.165, 1.54) is 57.8 Å². The molecule has 6 heteroatoms. The average molecular weight is 474 g/mol. The molecular weight excluding hydrogens is 440 g/mol. The van der Waals surface area contributed by atoms with Crippen LogP contribution in [0.3, 0.4) is 0 Å². The van der Waals surface area contributed by atoms with E-state index in [0.29, 0.717) is 30.0 Å². The molecule has 1 saturated carbocycles. The first kappa shape index (κ1) is 23.3. The smallest absolute Gasteiger partial charge is 0.315 e. The van der Waals surface area contributed by atoms with E-state index in [1.807, 2.05) is 18.2 Å². The Kier molecular flexibility index (Phi) is 11.8. The molecule has 1 aliphatic rings. The van der Waals surface area contributed by atoms with Gasteiger partial charge in [0.15, 0.2) is 0 Å². The fourth-order valence-electron chi connectivity index (χ4n) is 3.59. The van der Waals surface area contributed by atoms with Gasteiger partial charge in [0.05, 0.1) is 11.6 Å². The summed E-state index contributed by atoms with van der Waals surface area (Å²) >= 11 is 9.51. The lowest BCUT2D eigenvalue weighted by Crippen LogP contribution is -2.42. The number of amides is 2. The number of hydrogen-bond acceptors (Lipinski definition) is 2. The molecule has 1 aromatic rings. The Bertz CT molecular complexity index is 574. The molecule has 0 heterocycles. The molecule has 0 spiro atoms. The number of ether oxygens (including phenoxy) is 1. The minimum absolute atomic E-state index is 0.0567. The van der Waals surface area contributed by atoms with Crippen LogP contribution in [0, 0.1) is 0 Å². The molecule has 2 amide bonds. The monoisotopic (exact) mass is 472 g/mol. The Hall–Kier alpha value is -0.940. The van der Waals surface area contributed by atoms with Gasteiger partial charge in [-0.25, -0.2) is 4.79 Å².